The Bertz CT molecular complexity index is 99.7. The van der Waals surface area contributed by atoms with Crippen LogP contribution < -0.4 is 0 Å². The van der Waals surface area contributed by atoms with Crippen molar-refractivity contribution >= 4 is 0 Å². The van der Waals surface area contributed by atoms with Crippen LogP contribution in [0.4, 0.5) is 0 Å². The molecule has 0 rings (SSSR count). The zero-order chi connectivity index (χ0) is 16.6. The van der Waals surface area contributed by atoms with Gasteiger partial charge in [0.25, 0.3) is 0 Å². The van der Waals surface area contributed by atoms with Gasteiger partial charge in [0.05, 0.1) is 0 Å². The summed E-state index contributed by atoms with van der Waals surface area (Å²) < 4.78 is 0. The molecule has 0 saturated carbocycles. The molecule has 132 valence electrons. The Labute approximate surface area is 170 Å². The second-order valence-corrected chi connectivity index (χ2v) is 5.01. The Kier molecular flexibility index (Phi) is 53.3. The molecule has 3 nitrogen and oxygen atoms in total. The first-order valence-electron chi connectivity index (χ1n) is 9.14. The molecule has 0 aromatic rings. The monoisotopic (exact) mass is 439 g/mol. The molecule has 0 amide bonds. The van der Waals surface area contributed by atoms with E-state index in [2.05, 4.69) is 57.5 Å². The van der Waals surface area contributed by atoms with Crippen LogP contribution in [0.1, 0.15) is 80.1 Å². The molecule has 0 heterocycles. The van der Waals surface area contributed by atoms with Gasteiger partial charge in [0.1, 0.15) is 0 Å². The minimum atomic E-state index is 0. The number of hydrogen-bond donors (Lipinski definition) is 0. The van der Waals surface area contributed by atoms with Crippen LogP contribution in [0.25, 0.3) is 16.0 Å². The molecule has 0 fully saturated rings. The van der Waals surface area contributed by atoms with Crippen LogP contribution >= 0.6 is 0 Å². The first-order chi connectivity index (χ1) is 10.2. The maximum atomic E-state index is 4.21. The predicted molar refractivity (Wildman–Crippen MR) is 101 cm³/mol. The third-order valence-corrected chi connectivity index (χ3v) is 2.29. The maximum absolute atomic E-state index is 4.21. The van der Waals surface area contributed by atoms with Gasteiger partial charge < -0.3 is 16.0 Å². The van der Waals surface area contributed by atoms with E-state index in [4.69, 9.17) is 0 Å². The summed E-state index contributed by atoms with van der Waals surface area (Å²) in [7, 11) is 0. The van der Waals surface area contributed by atoms with Crippen LogP contribution in [0.5, 0.6) is 0 Å². The molecular weight excluding hydrogens is 397 g/mol. The molecule has 0 aliphatic rings. The fraction of sp³-hybridized carbons (Fsp3) is 1.00. The van der Waals surface area contributed by atoms with Crippen molar-refractivity contribution in [3.63, 3.8) is 0 Å². The smallest absolute Gasteiger partial charge is 0.662 e. The van der Waals surface area contributed by atoms with Gasteiger partial charge in [-0.1, -0.05) is 80.1 Å². The quantitative estimate of drug-likeness (QED) is 0.310. The number of nitrogens with zero attached hydrogens (tertiary/aromatic N) is 3. The van der Waals surface area contributed by atoms with Crippen molar-refractivity contribution < 1.29 is 35.6 Å². The van der Waals surface area contributed by atoms with E-state index in [1.807, 2.05) is 0 Å². The second-order valence-electron chi connectivity index (χ2n) is 5.01. The van der Waals surface area contributed by atoms with Gasteiger partial charge in [0, 0.05) is 0 Å². The summed E-state index contributed by atoms with van der Waals surface area (Å²) in [5.41, 5.74) is 0. The van der Waals surface area contributed by atoms with Crippen molar-refractivity contribution in [1.82, 2.24) is 0 Å². The maximum Gasteiger partial charge on any atom is 3.00 e. The van der Waals surface area contributed by atoms with Crippen LogP contribution in [-0.2, 0) is 0 Å². The summed E-state index contributed by atoms with van der Waals surface area (Å²) in [4.78, 5) is 0. The minimum Gasteiger partial charge on any atom is -0.662 e. The molecule has 0 radical (unpaired) electrons. The summed E-state index contributed by atoms with van der Waals surface area (Å²) in [5, 5.41) is 12.6. The topological polar surface area (TPSA) is 42.3 Å². The SMILES string of the molecule is CCC[N-]CCC.CCC[N-]CCC.CCC[N-]CCC.[La+3]. The molecule has 0 bridgehead atoms. The first-order valence-corrected chi connectivity index (χ1v) is 9.14. The standard InChI is InChI=1S/3C6H14N.La/c3*1-3-5-7-6-4-2;/h3*3-6H2,1-2H3;/q3*-1;+3. The van der Waals surface area contributed by atoms with E-state index >= 15 is 0 Å². The van der Waals surface area contributed by atoms with Gasteiger partial charge in [-0.3, -0.25) is 0 Å². The number of hydrogen-bond acceptors (Lipinski definition) is 0. The molecule has 0 atom stereocenters. The molecule has 22 heavy (non-hydrogen) atoms. The average molecular weight is 439 g/mol. The molecule has 0 unspecified atom stereocenters. The van der Waals surface area contributed by atoms with Crippen molar-refractivity contribution in [2.45, 2.75) is 80.1 Å². The van der Waals surface area contributed by atoms with Gasteiger partial charge in [0.15, 0.2) is 0 Å². The van der Waals surface area contributed by atoms with Gasteiger partial charge in [0.2, 0.25) is 0 Å². The Morgan fingerprint density at radius 3 is 0.591 bits per heavy atom. The van der Waals surface area contributed by atoms with Gasteiger partial charge in [-0.2, -0.15) is 0 Å². The first kappa shape index (κ1) is 30.9. The van der Waals surface area contributed by atoms with Crippen LogP contribution in [0.2, 0.25) is 0 Å². The van der Waals surface area contributed by atoms with E-state index in [1.54, 1.807) is 0 Å². The second kappa shape index (κ2) is 37.9. The van der Waals surface area contributed by atoms with E-state index in [-0.39, 0.29) is 35.6 Å². The van der Waals surface area contributed by atoms with Crippen LogP contribution in [0.15, 0.2) is 0 Å². The summed E-state index contributed by atoms with van der Waals surface area (Å²) in [6.45, 7) is 19.2. The van der Waals surface area contributed by atoms with Crippen molar-refractivity contribution in [2.24, 2.45) is 0 Å². The fourth-order valence-corrected chi connectivity index (χ4v) is 1.28. The van der Waals surface area contributed by atoms with Crippen molar-refractivity contribution in [3.05, 3.63) is 16.0 Å². The third-order valence-electron chi connectivity index (χ3n) is 2.29. The average Bonchev–Trinajstić information content (AvgIpc) is 2.50. The zero-order valence-electron chi connectivity index (χ0n) is 16.4. The van der Waals surface area contributed by atoms with Gasteiger partial charge in [-0.25, -0.2) is 0 Å². The summed E-state index contributed by atoms with van der Waals surface area (Å²) in [5.74, 6) is 0. The van der Waals surface area contributed by atoms with E-state index in [9.17, 15) is 0 Å². The fourth-order valence-electron chi connectivity index (χ4n) is 1.28. The molecular formula is C18H42LaN3. The van der Waals surface area contributed by atoms with Crippen molar-refractivity contribution in [3.8, 4) is 0 Å². The molecule has 0 N–H and O–H groups in total. The number of rotatable bonds is 12. The van der Waals surface area contributed by atoms with E-state index < -0.39 is 0 Å². The summed E-state index contributed by atoms with van der Waals surface area (Å²) in [6.07, 6.45) is 7.17. The third kappa shape index (κ3) is 49.7. The molecule has 0 saturated heterocycles. The van der Waals surface area contributed by atoms with Crippen LogP contribution in [0, 0.1) is 35.6 Å². The molecule has 0 aromatic heterocycles. The van der Waals surface area contributed by atoms with Crippen LogP contribution in [0.3, 0.4) is 0 Å². The largest absolute Gasteiger partial charge is 3.00 e. The van der Waals surface area contributed by atoms with Gasteiger partial charge in [-0.15, -0.1) is 39.3 Å². The zero-order valence-corrected chi connectivity index (χ0v) is 20.0. The van der Waals surface area contributed by atoms with E-state index in [0.29, 0.717) is 0 Å². The van der Waals surface area contributed by atoms with Crippen LogP contribution in [-0.4, -0.2) is 39.3 Å². The summed E-state index contributed by atoms with van der Waals surface area (Å²) >= 11 is 0. The van der Waals surface area contributed by atoms with Crippen molar-refractivity contribution in [1.29, 1.82) is 0 Å². The Balaban J connectivity index is -0.000000108. The van der Waals surface area contributed by atoms with Gasteiger partial charge in [-0.05, 0) is 0 Å². The molecule has 0 spiro atoms. The Morgan fingerprint density at radius 2 is 0.500 bits per heavy atom. The Hall–Kier alpha value is 1.07. The summed E-state index contributed by atoms with van der Waals surface area (Å²) in [6, 6.07) is 0. The van der Waals surface area contributed by atoms with Crippen molar-refractivity contribution in [2.75, 3.05) is 39.3 Å². The molecule has 0 aliphatic heterocycles. The molecule has 4 heteroatoms. The van der Waals surface area contributed by atoms with Gasteiger partial charge >= 0.3 is 35.6 Å². The molecule has 0 aliphatic carbocycles. The molecule has 0 aromatic carbocycles. The van der Waals surface area contributed by atoms with E-state index in [0.717, 1.165) is 39.3 Å². The predicted octanol–water partition coefficient (Wildman–Crippen LogP) is 6.54. The van der Waals surface area contributed by atoms with E-state index in [1.165, 1.54) is 38.5 Å². The normalized spacial score (nSPS) is 9.00. The minimum absolute atomic E-state index is 0. The Morgan fingerprint density at radius 1 is 0.364 bits per heavy atom.